The molecule has 32 heavy (non-hydrogen) atoms. The lowest BCUT2D eigenvalue weighted by Crippen LogP contribution is -2.50. The Morgan fingerprint density at radius 1 is 1.38 bits per heavy atom. The molecule has 4 rings (SSSR count). The molecule has 1 unspecified atom stereocenters. The Hall–Kier alpha value is -2.59. The van der Waals surface area contributed by atoms with Gasteiger partial charge in [-0.2, -0.15) is 0 Å². The summed E-state index contributed by atoms with van der Waals surface area (Å²) in [4.78, 5) is 6.17. The fraction of sp³-hybridized carbons (Fsp3) is 0.545. The maximum atomic E-state index is 12.6. The predicted octanol–water partition coefficient (Wildman–Crippen LogP) is 3.23. The van der Waals surface area contributed by atoms with E-state index in [0.717, 1.165) is 37.8 Å². The molecule has 4 N–H and O–H groups in total. The Morgan fingerprint density at radius 3 is 2.62 bits per heavy atom. The van der Waals surface area contributed by atoms with Crippen LogP contribution >= 0.6 is 0 Å². The molecular formula is C22H28F3N5O2. The van der Waals surface area contributed by atoms with E-state index in [-0.39, 0.29) is 23.1 Å². The number of rotatable bonds is 8. The maximum Gasteiger partial charge on any atom is 0.573 e. The molecule has 2 aliphatic carbocycles. The number of allylic oxidation sites excluding steroid dienone is 2. The number of nitrogens with one attached hydrogen (secondary N) is 2. The molecule has 0 aromatic carbocycles. The first kappa shape index (κ1) is 22.6. The summed E-state index contributed by atoms with van der Waals surface area (Å²) >= 11 is 0. The summed E-state index contributed by atoms with van der Waals surface area (Å²) in [5.41, 5.74) is 9.18. The maximum absolute atomic E-state index is 12.6. The van der Waals surface area contributed by atoms with Gasteiger partial charge in [0.25, 0.3) is 0 Å². The van der Waals surface area contributed by atoms with Crippen molar-refractivity contribution in [2.24, 2.45) is 5.92 Å². The summed E-state index contributed by atoms with van der Waals surface area (Å²) in [5.74, 6) is -0.595. The summed E-state index contributed by atoms with van der Waals surface area (Å²) in [7, 11) is 2.15. The number of anilines is 1. The van der Waals surface area contributed by atoms with Crippen molar-refractivity contribution in [1.82, 2.24) is 15.2 Å². The van der Waals surface area contributed by atoms with E-state index in [1.165, 1.54) is 17.3 Å². The molecule has 1 saturated carbocycles. The van der Waals surface area contributed by atoms with Crippen molar-refractivity contribution in [3.05, 3.63) is 40.7 Å². The lowest BCUT2D eigenvalue weighted by molar-refractivity contribution is -0.274. The van der Waals surface area contributed by atoms with Crippen LogP contribution in [0.15, 0.2) is 35.2 Å². The Morgan fingerprint density at radius 2 is 2.09 bits per heavy atom. The summed E-state index contributed by atoms with van der Waals surface area (Å²) in [6, 6.07) is 2.22. The smallest absolute Gasteiger partial charge is 0.402 e. The lowest BCUT2D eigenvalue weighted by atomic mass is 10.0. The standard InChI is InChI=1S/C22H28F3N5O2/c1-11(2)29-18(20-15-5-13(6-16(15)20)30(3)14-9-31-10-14)7-17(26)12-4-19(21(27)28-8-12)32-22(23,24)25/h4,7-8,11,13-15,26,29H,5-6,9-10H2,1-3H3,(H2,27,28)/b18-7-,26-17?/t13?,15-/m1/s1. The van der Waals surface area contributed by atoms with Gasteiger partial charge in [0.1, 0.15) is 0 Å². The number of halogens is 3. The van der Waals surface area contributed by atoms with Crippen molar-refractivity contribution >= 4 is 11.5 Å². The van der Waals surface area contributed by atoms with Crippen molar-refractivity contribution in [2.45, 2.75) is 51.2 Å². The summed E-state index contributed by atoms with van der Waals surface area (Å²) in [6.45, 7) is 5.59. The molecule has 2 heterocycles. The molecule has 2 atom stereocenters. The zero-order valence-electron chi connectivity index (χ0n) is 18.3. The largest absolute Gasteiger partial charge is 0.573 e. The SMILES string of the molecule is CC(C)N/C(=C\C(=N)c1cnc(N)c(OC(F)(F)F)c1)C1=C2CC(N(C)C3COC3)C[C@H]21. The second-order valence-corrected chi connectivity index (χ2v) is 8.87. The van der Waals surface area contributed by atoms with E-state index in [0.29, 0.717) is 18.0 Å². The van der Waals surface area contributed by atoms with Crippen LogP contribution in [0.2, 0.25) is 0 Å². The quantitative estimate of drug-likeness (QED) is 0.525. The van der Waals surface area contributed by atoms with Crippen molar-refractivity contribution in [3.63, 3.8) is 0 Å². The average Bonchev–Trinajstić information content (AvgIpc) is 3.13. The number of fused-ring (bicyclic) bond motifs is 1. The van der Waals surface area contributed by atoms with E-state index < -0.39 is 12.1 Å². The van der Waals surface area contributed by atoms with Crippen molar-refractivity contribution in [3.8, 4) is 5.75 Å². The molecule has 0 bridgehead atoms. The van der Waals surface area contributed by atoms with Crippen LogP contribution in [-0.4, -0.2) is 60.3 Å². The number of nitrogens with zero attached hydrogens (tertiary/aromatic N) is 2. The monoisotopic (exact) mass is 451 g/mol. The van der Waals surface area contributed by atoms with Crippen LogP contribution in [0.25, 0.3) is 0 Å². The van der Waals surface area contributed by atoms with E-state index in [2.05, 4.69) is 27.0 Å². The zero-order valence-corrected chi connectivity index (χ0v) is 18.3. The second-order valence-electron chi connectivity index (χ2n) is 8.87. The Kier molecular flexibility index (Phi) is 5.93. The van der Waals surface area contributed by atoms with Gasteiger partial charge in [0.15, 0.2) is 11.6 Å². The van der Waals surface area contributed by atoms with Gasteiger partial charge in [0.05, 0.1) is 25.0 Å². The van der Waals surface area contributed by atoms with Crippen LogP contribution in [0.3, 0.4) is 0 Å². The zero-order chi connectivity index (χ0) is 23.2. The number of aromatic nitrogens is 1. The van der Waals surface area contributed by atoms with Gasteiger partial charge in [-0.3, -0.25) is 4.90 Å². The van der Waals surface area contributed by atoms with Gasteiger partial charge in [-0.25, -0.2) is 4.98 Å². The van der Waals surface area contributed by atoms with E-state index in [4.69, 9.17) is 15.9 Å². The van der Waals surface area contributed by atoms with Gasteiger partial charge in [-0.05, 0) is 51.5 Å². The first-order chi connectivity index (χ1) is 15.0. The molecule has 2 fully saturated rings. The minimum absolute atomic E-state index is 0.0334. The van der Waals surface area contributed by atoms with Gasteiger partial charge in [0, 0.05) is 35.5 Å². The molecule has 7 nitrogen and oxygen atoms in total. The number of pyridine rings is 1. The molecule has 1 aliphatic heterocycles. The number of nitrogens with two attached hydrogens (primary N) is 1. The number of nitrogen functional groups attached to an aromatic ring is 1. The Bertz CT molecular complexity index is 969. The van der Waals surface area contributed by atoms with Crippen molar-refractivity contribution in [2.75, 3.05) is 26.0 Å². The molecule has 1 saturated heterocycles. The van der Waals surface area contributed by atoms with E-state index >= 15 is 0 Å². The Labute approximate surface area is 185 Å². The molecule has 0 amide bonds. The first-order valence-corrected chi connectivity index (χ1v) is 10.6. The number of likely N-dealkylation sites (N-methyl/N-ethyl adjacent to an activating group) is 1. The number of ether oxygens (including phenoxy) is 2. The molecule has 1 aromatic heterocycles. The fourth-order valence-corrected chi connectivity index (χ4v) is 4.41. The predicted molar refractivity (Wildman–Crippen MR) is 114 cm³/mol. The summed E-state index contributed by atoms with van der Waals surface area (Å²) in [5, 5.41) is 11.8. The third-order valence-electron chi connectivity index (χ3n) is 6.21. The molecule has 10 heteroatoms. The Balaban J connectivity index is 1.52. The molecule has 0 spiro atoms. The van der Waals surface area contributed by atoms with Gasteiger partial charge in [-0.1, -0.05) is 5.57 Å². The molecule has 0 radical (unpaired) electrons. The van der Waals surface area contributed by atoms with Crippen LogP contribution in [0, 0.1) is 11.3 Å². The van der Waals surface area contributed by atoms with E-state index in [1.54, 1.807) is 6.08 Å². The normalized spacial score (nSPS) is 23.4. The van der Waals surface area contributed by atoms with Crippen LogP contribution < -0.4 is 15.8 Å². The first-order valence-electron chi connectivity index (χ1n) is 10.6. The summed E-state index contributed by atoms with van der Waals surface area (Å²) in [6.07, 6.45) is 0.0783. The summed E-state index contributed by atoms with van der Waals surface area (Å²) < 4.78 is 47.1. The minimum Gasteiger partial charge on any atom is -0.402 e. The van der Waals surface area contributed by atoms with Gasteiger partial charge in [0.2, 0.25) is 0 Å². The van der Waals surface area contributed by atoms with E-state index in [9.17, 15) is 13.2 Å². The van der Waals surface area contributed by atoms with E-state index in [1.807, 2.05) is 13.8 Å². The third kappa shape index (κ3) is 4.75. The molecular weight excluding hydrogens is 423 g/mol. The number of hydrogen-bond donors (Lipinski definition) is 3. The van der Waals surface area contributed by atoms with Crippen molar-refractivity contribution in [1.29, 1.82) is 5.41 Å². The molecule has 1 aromatic rings. The lowest BCUT2D eigenvalue weighted by Gasteiger charge is -2.38. The number of alkyl halides is 3. The topological polar surface area (TPSA) is 96.5 Å². The van der Waals surface area contributed by atoms with Crippen LogP contribution in [0.1, 0.15) is 32.3 Å². The highest BCUT2D eigenvalue weighted by Gasteiger charge is 2.48. The van der Waals surface area contributed by atoms with Crippen LogP contribution in [0.4, 0.5) is 19.0 Å². The van der Waals surface area contributed by atoms with Crippen LogP contribution in [-0.2, 0) is 4.74 Å². The molecule has 3 aliphatic rings. The highest BCUT2D eigenvalue weighted by molar-refractivity contribution is 6.07. The third-order valence-corrected chi connectivity index (χ3v) is 6.21. The average molecular weight is 451 g/mol. The van der Waals surface area contributed by atoms with Gasteiger partial charge in [-0.15, -0.1) is 13.2 Å². The number of hydrogen-bond acceptors (Lipinski definition) is 7. The molecule has 174 valence electrons. The van der Waals surface area contributed by atoms with Gasteiger partial charge < -0.3 is 25.9 Å². The van der Waals surface area contributed by atoms with Crippen molar-refractivity contribution < 1.29 is 22.6 Å². The second kappa shape index (κ2) is 8.40. The highest BCUT2D eigenvalue weighted by Crippen LogP contribution is 2.55. The van der Waals surface area contributed by atoms with Gasteiger partial charge >= 0.3 is 6.36 Å². The van der Waals surface area contributed by atoms with Crippen LogP contribution in [0.5, 0.6) is 5.75 Å². The fourth-order valence-electron chi connectivity index (χ4n) is 4.41. The minimum atomic E-state index is -4.88. The highest BCUT2D eigenvalue weighted by atomic mass is 19.4.